The molecule has 0 aromatic heterocycles. The Hall–Kier alpha value is -0.720. The number of hydrogen-bond donors (Lipinski definition) is 1. The van der Waals surface area contributed by atoms with Gasteiger partial charge in [0, 0.05) is 45.8 Å². The highest BCUT2D eigenvalue weighted by Gasteiger charge is 2.21. The molecule has 0 heterocycles. The zero-order chi connectivity index (χ0) is 26.4. The van der Waals surface area contributed by atoms with E-state index in [-0.39, 0.29) is 6.10 Å². The second-order valence-electron chi connectivity index (χ2n) is 11.2. The fourth-order valence-electron chi connectivity index (χ4n) is 4.84. The van der Waals surface area contributed by atoms with Gasteiger partial charge in [0.25, 0.3) is 0 Å². The van der Waals surface area contributed by atoms with E-state index in [0.29, 0.717) is 0 Å². The number of aliphatic hydroxyl groups is 1. The smallest absolute Gasteiger partial charge is 0.115 e. The summed E-state index contributed by atoms with van der Waals surface area (Å²) in [5, 5.41) is 10.7. The van der Waals surface area contributed by atoms with E-state index in [0.717, 1.165) is 69.9 Å². The summed E-state index contributed by atoms with van der Waals surface area (Å²) in [6.45, 7) is 21.9. The Balaban J connectivity index is 4.04. The summed E-state index contributed by atoms with van der Waals surface area (Å²) < 4.78 is 0.912. The summed E-state index contributed by atoms with van der Waals surface area (Å²) >= 11 is 0. The number of likely N-dealkylation sites (N-methyl/N-ethyl adjacent to an activating group) is 3. The van der Waals surface area contributed by atoms with Gasteiger partial charge in [0.2, 0.25) is 0 Å². The zero-order valence-electron chi connectivity index (χ0n) is 24.5. The van der Waals surface area contributed by atoms with Crippen LogP contribution in [0.25, 0.3) is 0 Å². The van der Waals surface area contributed by atoms with Gasteiger partial charge in [0.05, 0.1) is 20.6 Å². The first-order chi connectivity index (χ1) is 16.8. The predicted octanol–water partition coefficient (Wildman–Crippen LogP) is 5.27. The average molecular weight is 496 g/mol. The molecule has 5 nitrogen and oxygen atoms in total. The highest BCUT2D eigenvalue weighted by molar-refractivity contribution is 4.80. The zero-order valence-corrected chi connectivity index (χ0v) is 24.5. The van der Waals surface area contributed by atoms with Crippen molar-refractivity contribution in [3.8, 4) is 0 Å². The molecule has 0 aliphatic rings. The summed E-state index contributed by atoms with van der Waals surface area (Å²) in [7, 11) is 6.68. The van der Waals surface area contributed by atoms with Crippen molar-refractivity contribution in [2.75, 3.05) is 86.6 Å². The first-order valence-corrected chi connectivity index (χ1v) is 14.6. The van der Waals surface area contributed by atoms with Crippen molar-refractivity contribution in [3.63, 3.8) is 0 Å². The van der Waals surface area contributed by atoms with Crippen LogP contribution < -0.4 is 0 Å². The fourth-order valence-corrected chi connectivity index (χ4v) is 4.84. The lowest BCUT2D eigenvalue weighted by Gasteiger charge is -2.33. The van der Waals surface area contributed by atoms with Crippen LogP contribution in [0.2, 0.25) is 0 Å². The molecule has 0 amide bonds. The summed E-state index contributed by atoms with van der Waals surface area (Å²) in [5.41, 5.74) is 0. The Morgan fingerprint density at radius 1 is 0.743 bits per heavy atom. The van der Waals surface area contributed by atoms with Gasteiger partial charge in [-0.2, -0.15) is 0 Å². The summed E-state index contributed by atoms with van der Waals surface area (Å²) in [5.74, 6) is 0. The molecule has 1 unspecified atom stereocenters. The van der Waals surface area contributed by atoms with Gasteiger partial charge < -0.3 is 19.4 Å². The summed E-state index contributed by atoms with van der Waals surface area (Å²) in [4.78, 5) is 7.15. The maximum Gasteiger partial charge on any atom is 0.115 e. The number of unbranched alkanes of at least 4 members (excludes halogenated alkanes) is 9. The number of quaternary nitrogens is 1. The second kappa shape index (κ2) is 22.5. The lowest BCUT2D eigenvalue weighted by Crippen LogP contribution is -2.49. The van der Waals surface area contributed by atoms with Gasteiger partial charge in [0.15, 0.2) is 0 Å². The Labute approximate surface area is 220 Å². The number of rotatable bonds is 26. The van der Waals surface area contributed by atoms with Crippen molar-refractivity contribution < 1.29 is 9.59 Å². The first kappa shape index (κ1) is 34.3. The van der Waals surface area contributed by atoms with E-state index in [9.17, 15) is 5.11 Å². The number of aliphatic hydroxyl groups excluding tert-OH is 1. The normalized spacial score (nSPS) is 13.2. The second-order valence-corrected chi connectivity index (χ2v) is 11.2. The molecule has 0 bridgehead atoms. The maximum atomic E-state index is 10.7. The molecule has 0 aromatic rings. The van der Waals surface area contributed by atoms with E-state index < -0.39 is 0 Å². The van der Waals surface area contributed by atoms with Crippen molar-refractivity contribution in [2.24, 2.45) is 0 Å². The lowest BCUT2D eigenvalue weighted by atomic mass is 10.1. The molecule has 5 heteroatoms. The molecule has 0 saturated carbocycles. The van der Waals surface area contributed by atoms with Crippen LogP contribution in [0, 0.1) is 0 Å². The van der Waals surface area contributed by atoms with Gasteiger partial charge in [-0.3, -0.25) is 4.90 Å². The van der Waals surface area contributed by atoms with E-state index in [1.165, 1.54) is 64.2 Å². The quantitative estimate of drug-likeness (QED) is 0.101. The van der Waals surface area contributed by atoms with E-state index in [1.54, 1.807) is 0 Å². The Kier molecular flexibility index (Phi) is 22.0. The highest BCUT2D eigenvalue weighted by atomic mass is 16.3. The Bertz CT molecular complexity index is 487. The third-order valence-electron chi connectivity index (χ3n) is 7.10. The maximum absolute atomic E-state index is 10.7. The molecule has 0 aliphatic heterocycles. The molecular weight excluding hydrogens is 432 g/mol. The van der Waals surface area contributed by atoms with Crippen LogP contribution in [0.15, 0.2) is 25.3 Å². The fraction of sp³-hybridized carbons (Fsp3) is 0.867. The summed E-state index contributed by atoms with van der Waals surface area (Å²) in [6.07, 6.45) is 17.4. The molecule has 0 spiro atoms. The van der Waals surface area contributed by atoms with Crippen molar-refractivity contribution in [2.45, 2.75) is 84.2 Å². The third kappa shape index (κ3) is 21.1. The van der Waals surface area contributed by atoms with Crippen molar-refractivity contribution in [1.82, 2.24) is 14.7 Å². The molecule has 35 heavy (non-hydrogen) atoms. The third-order valence-corrected chi connectivity index (χ3v) is 7.10. The minimum atomic E-state index is -0.274. The molecule has 0 rings (SSSR count). The molecule has 0 fully saturated rings. The van der Waals surface area contributed by atoms with Gasteiger partial charge in [-0.05, 0) is 26.4 Å². The monoisotopic (exact) mass is 495 g/mol. The van der Waals surface area contributed by atoms with Gasteiger partial charge in [-0.15, -0.1) is 13.2 Å². The van der Waals surface area contributed by atoms with Crippen molar-refractivity contribution in [1.29, 1.82) is 0 Å². The minimum absolute atomic E-state index is 0.274. The van der Waals surface area contributed by atoms with Crippen LogP contribution in [0.3, 0.4) is 0 Å². The molecule has 1 N–H and O–H groups in total. The minimum Gasteiger partial charge on any atom is -0.386 e. The van der Waals surface area contributed by atoms with Crippen LogP contribution >= 0.6 is 0 Å². The molecule has 1 atom stereocenters. The lowest BCUT2D eigenvalue weighted by molar-refractivity contribution is -0.893. The van der Waals surface area contributed by atoms with E-state index in [2.05, 4.69) is 62.8 Å². The molecule has 0 radical (unpaired) electrons. The number of hydrogen-bond acceptors (Lipinski definition) is 4. The molecule has 0 aromatic carbocycles. The van der Waals surface area contributed by atoms with Gasteiger partial charge in [-0.25, -0.2) is 0 Å². The number of nitrogens with zero attached hydrogens (tertiary/aromatic N) is 4. The highest BCUT2D eigenvalue weighted by Crippen LogP contribution is 2.12. The average Bonchev–Trinajstić information content (AvgIpc) is 2.80. The van der Waals surface area contributed by atoms with Crippen LogP contribution in [0.1, 0.15) is 78.1 Å². The topological polar surface area (TPSA) is 30.0 Å². The van der Waals surface area contributed by atoms with E-state index in [1.807, 2.05) is 12.2 Å². The van der Waals surface area contributed by atoms with Crippen LogP contribution in [0.4, 0.5) is 0 Å². The Morgan fingerprint density at radius 3 is 1.74 bits per heavy atom. The van der Waals surface area contributed by atoms with Gasteiger partial charge in [-0.1, -0.05) is 77.4 Å². The van der Waals surface area contributed by atoms with Crippen LogP contribution in [-0.2, 0) is 0 Å². The molecule has 0 saturated heterocycles. The van der Waals surface area contributed by atoms with Crippen molar-refractivity contribution >= 4 is 0 Å². The van der Waals surface area contributed by atoms with E-state index in [4.69, 9.17) is 0 Å². The predicted molar refractivity (Wildman–Crippen MR) is 156 cm³/mol. The van der Waals surface area contributed by atoms with Crippen LogP contribution in [-0.4, -0.2) is 117 Å². The molecule has 0 aliphatic carbocycles. The van der Waals surface area contributed by atoms with Gasteiger partial charge in [0.1, 0.15) is 12.6 Å². The standard InChI is InChI=1S/C30H63N4O/c1-8-12-13-14-15-16-17-18-19-20-27-34(6,7)29-30(35)28-31(5)23-24-32(11-4)25-26-33(21-9-2)22-10-3/h9-10,30,35H,2-3,8,11-29H2,1,4-7H3/q+1. The van der Waals surface area contributed by atoms with Gasteiger partial charge >= 0.3 is 0 Å². The SMILES string of the molecule is C=CCN(CC=C)CCN(CC)CCN(C)CC(O)C[N+](C)(C)CCCCCCCCCCCC. The van der Waals surface area contributed by atoms with Crippen molar-refractivity contribution in [3.05, 3.63) is 25.3 Å². The molecular formula is C30H63N4O+. The molecule has 208 valence electrons. The summed E-state index contributed by atoms with van der Waals surface area (Å²) in [6, 6.07) is 0. The largest absolute Gasteiger partial charge is 0.386 e. The van der Waals surface area contributed by atoms with Crippen LogP contribution in [0.5, 0.6) is 0 Å². The first-order valence-electron chi connectivity index (χ1n) is 14.6. The van der Waals surface area contributed by atoms with E-state index >= 15 is 0 Å². The Morgan fingerprint density at radius 2 is 1.23 bits per heavy atom.